The molecule has 0 aliphatic carbocycles. The Morgan fingerprint density at radius 1 is 1.04 bits per heavy atom. The zero-order valence-corrected chi connectivity index (χ0v) is 16.6. The first-order chi connectivity index (χ1) is 12.3. The summed E-state index contributed by atoms with van der Waals surface area (Å²) >= 11 is 0. The van der Waals surface area contributed by atoms with Gasteiger partial charge in [0.15, 0.2) is 0 Å². The van der Waals surface area contributed by atoms with Crippen LogP contribution in [0.3, 0.4) is 0 Å². The van der Waals surface area contributed by atoms with Gasteiger partial charge in [-0.05, 0) is 57.2 Å². The van der Waals surface area contributed by atoms with Gasteiger partial charge in [-0.3, -0.25) is 0 Å². The van der Waals surface area contributed by atoms with Crippen LogP contribution in [0.5, 0.6) is 5.75 Å². The molecule has 1 aliphatic rings. The van der Waals surface area contributed by atoms with E-state index in [-0.39, 0.29) is 18.3 Å². The number of hydrogen-bond donors (Lipinski definition) is 1. The van der Waals surface area contributed by atoms with Gasteiger partial charge in [-0.2, -0.15) is 0 Å². The molecule has 5 heteroatoms. The molecule has 1 saturated heterocycles. The summed E-state index contributed by atoms with van der Waals surface area (Å²) in [5.41, 5.74) is 1.49. The highest BCUT2D eigenvalue weighted by atomic mass is 16.7. The van der Waals surface area contributed by atoms with Crippen LogP contribution in [0, 0.1) is 0 Å². The molecule has 3 rings (SSSR count). The third-order valence-corrected chi connectivity index (χ3v) is 5.42. The van der Waals surface area contributed by atoms with E-state index in [0.29, 0.717) is 6.54 Å². The fourth-order valence-corrected chi connectivity index (χ4v) is 3.20. The lowest BCUT2D eigenvalue weighted by molar-refractivity contribution is 0.00578. The van der Waals surface area contributed by atoms with Gasteiger partial charge in [-0.1, -0.05) is 36.4 Å². The summed E-state index contributed by atoms with van der Waals surface area (Å²) in [4.78, 5) is 0. The van der Waals surface area contributed by atoms with Gasteiger partial charge in [0.05, 0.1) is 18.3 Å². The van der Waals surface area contributed by atoms with Crippen molar-refractivity contribution in [3.8, 4) is 5.75 Å². The van der Waals surface area contributed by atoms with Crippen molar-refractivity contribution in [2.75, 3.05) is 20.7 Å². The van der Waals surface area contributed by atoms with Crippen molar-refractivity contribution in [3.63, 3.8) is 0 Å². The molecular weight excluding hydrogens is 325 g/mol. The lowest BCUT2D eigenvalue weighted by Crippen LogP contribution is -2.41. The van der Waals surface area contributed by atoms with Crippen molar-refractivity contribution < 1.29 is 14.0 Å². The zero-order chi connectivity index (χ0) is 18.9. The second-order valence-electron chi connectivity index (χ2n) is 7.74. The van der Waals surface area contributed by atoms with Crippen LogP contribution in [0.4, 0.5) is 0 Å². The van der Waals surface area contributed by atoms with E-state index in [2.05, 4.69) is 57.3 Å². The van der Waals surface area contributed by atoms with Crippen LogP contribution in [0.25, 0.3) is 16.8 Å². The number of rotatable bonds is 5. The Morgan fingerprint density at radius 3 is 2.23 bits per heavy atom. The molecule has 0 spiro atoms. The van der Waals surface area contributed by atoms with Crippen LogP contribution in [-0.2, 0) is 9.31 Å². The summed E-state index contributed by atoms with van der Waals surface area (Å²) in [6.07, 6.45) is 2.17. The standard InChI is InChI=1S/C21H28BNO3/c1-20(2)21(3,4)26-22(25-20)16(14-23-5)13-15-11-12-19(24-6)18-10-8-7-9-17(15)18/h7-13,23H,14H2,1-6H3. The third kappa shape index (κ3) is 3.39. The van der Waals surface area contributed by atoms with Crippen LogP contribution in [0.1, 0.15) is 33.3 Å². The van der Waals surface area contributed by atoms with Crippen molar-refractivity contribution in [2.24, 2.45) is 0 Å². The van der Waals surface area contributed by atoms with E-state index in [4.69, 9.17) is 14.0 Å². The van der Waals surface area contributed by atoms with Crippen molar-refractivity contribution in [1.29, 1.82) is 0 Å². The number of fused-ring (bicyclic) bond motifs is 1. The average Bonchev–Trinajstić information content (AvgIpc) is 2.82. The quantitative estimate of drug-likeness (QED) is 0.823. The van der Waals surface area contributed by atoms with Gasteiger partial charge in [0, 0.05) is 11.9 Å². The molecular formula is C21H28BNO3. The van der Waals surface area contributed by atoms with Gasteiger partial charge >= 0.3 is 7.12 Å². The summed E-state index contributed by atoms with van der Waals surface area (Å²) < 4.78 is 18.0. The predicted octanol–water partition coefficient (Wildman–Crippen LogP) is 4.08. The number of nitrogens with one attached hydrogen (secondary N) is 1. The largest absolute Gasteiger partial charge is 0.496 e. The number of methoxy groups -OCH3 is 1. The highest BCUT2D eigenvalue weighted by molar-refractivity contribution is 6.56. The Hall–Kier alpha value is -1.82. The fraction of sp³-hybridized carbons (Fsp3) is 0.429. The maximum atomic E-state index is 6.25. The Kier molecular flexibility index (Phi) is 5.15. The van der Waals surface area contributed by atoms with E-state index < -0.39 is 0 Å². The Labute approximate surface area is 156 Å². The van der Waals surface area contributed by atoms with Crippen molar-refractivity contribution in [3.05, 3.63) is 47.4 Å². The molecule has 0 unspecified atom stereocenters. The first-order valence-electron chi connectivity index (χ1n) is 9.05. The molecule has 0 saturated carbocycles. The zero-order valence-electron chi connectivity index (χ0n) is 16.6. The number of hydrogen-bond acceptors (Lipinski definition) is 4. The van der Waals surface area contributed by atoms with Crippen molar-refractivity contribution in [1.82, 2.24) is 5.32 Å². The van der Waals surface area contributed by atoms with Gasteiger partial charge in [0.1, 0.15) is 5.75 Å². The number of benzene rings is 2. The van der Waals surface area contributed by atoms with E-state index in [1.54, 1.807) is 7.11 Å². The van der Waals surface area contributed by atoms with E-state index in [0.717, 1.165) is 27.6 Å². The van der Waals surface area contributed by atoms with Crippen LogP contribution in [-0.4, -0.2) is 39.0 Å². The number of ether oxygens (including phenoxy) is 1. The second-order valence-corrected chi connectivity index (χ2v) is 7.74. The summed E-state index contributed by atoms with van der Waals surface area (Å²) in [6.45, 7) is 9.00. The topological polar surface area (TPSA) is 39.7 Å². The summed E-state index contributed by atoms with van der Waals surface area (Å²) in [5.74, 6) is 0.878. The molecule has 4 nitrogen and oxygen atoms in total. The van der Waals surface area contributed by atoms with Gasteiger partial charge < -0.3 is 19.4 Å². The Morgan fingerprint density at radius 2 is 1.65 bits per heavy atom. The van der Waals surface area contributed by atoms with Gasteiger partial charge in [0.2, 0.25) is 0 Å². The minimum Gasteiger partial charge on any atom is -0.496 e. The third-order valence-electron chi connectivity index (χ3n) is 5.42. The minimum atomic E-state index is -0.367. The van der Waals surface area contributed by atoms with E-state index in [1.165, 1.54) is 0 Å². The van der Waals surface area contributed by atoms with Crippen molar-refractivity contribution >= 4 is 24.0 Å². The molecule has 1 N–H and O–H groups in total. The normalized spacial score (nSPS) is 19.2. The molecule has 138 valence electrons. The molecule has 2 aromatic rings. The predicted molar refractivity (Wildman–Crippen MR) is 108 cm³/mol. The molecule has 2 aromatic carbocycles. The molecule has 1 heterocycles. The van der Waals surface area contributed by atoms with Gasteiger partial charge in [-0.15, -0.1) is 0 Å². The SMILES string of the molecule is CNCC(=Cc1ccc(OC)c2ccccc12)B1OC(C)(C)C(C)(C)O1. The molecule has 0 atom stereocenters. The average molecular weight is 353 g/mol. The number of likely N-dealkylation sites (N-methyl/N-ethyl adjacent to an activating group) is 1. The van der Waals surface area contributed by atoms with Gasteiger partial charge in [0.25, 0.3) is 0 Å². The summed E-state index contributed by atoms with van der Waals surface area (Å²) in [7, 11) is 3.27. The molecule has 26 heavy (non-hydrogen) atoms. The second kappa shape index (κ2) is 7.07. The van der Waals surface area contributed by atoms with Crippen LogP contribution < -0.4 is 10.1 Å². The van der Waals surface area contributed by atoms with Crippen LogP contribution in [0.15, 0.2) is 41.9 Å². The lowest BCUT2D eigenvalue weighted by Gasteiger charge is -2.32. The first kappa shape index (κ1) is 19.0. The summed E-state index contributed by atoms with van der Waals surface area (Å²) in [5, 5.41) is 5.49. The highest BCUT2D eigenvalue weighted by Gasteiger charge is 2.52. The molecule has 0 radical (unpaired) electrons. The van der Waals surface area contributed by atoms with E-state index in [9.17, 15) is 0 Å². The van der Waals surface area contributed by atoms with Crippen molar-refractivity contribution in [2.45, 2.75) is 38.9 Å². The van der Waals surface area contributed by atoms with Crippen LogP contribution in [0.2, 0.25) is 0 Å². The molecule has 1 aliphatic heterocycles. The van der Waals surface area contributed by atoms with Gasteiger partial charge in [-0.25, -0.2) is 0 Å². The van der Waals surface area contributed by atoms with E-state index >= 15 is 0 Å². The molecule has 1 fully saturated rings. The fourth-order valence-electron chi connectivity index (χ4n) is 3.20. The monoisotopic (exact) mass is 353 g/mol. The maximum absolute atomic E-state index is 6.25. The first-order valence-corrected chi connectivity index (χ1v) is 9.05. The molecule has 0 amide bonds. The minimum absolute atomic E-state index is 0.355. The Balaban J connectivity index is 2.05. The summed E-state index contributed by atoms with van der Waals surface area (Å²) in [6, 6.07) is 12.4. The molecule has 0 bridgehead atoms. The molecule has 0 aromatic heterocycles. The lowest BCUT2D eigenvalue weighted by atomic mass is 9.76. The highest BCUT2D eigenvalue weighted by Crippen LogP contribution is 2.39. The smallest absolute Gasteiger partial charge is 0.491 e. The van der Waals surface area contributed by atoms with E-state index in [1.807, 2.05) is 25.2 Å². The Bertz CT molecular complexity index is 813. The maximum Gasteiger partial charge on any atom is 0.491 e. The van der Waals surface area contributed by atoms with Crippen LogP contribution >= 0.6 is 0 Å².